The molecule has 0 N–H and O–H groups in total. The summed E-state index contributed by atoms with van der Waals surface area (Å²) in [4.78, 5) is 2.48. The van der Waals surface area contributed by atoms with E-state index in [2.05, 4.69) is 65.5 Å². The Bertz CT molecular complexity index is 564. The Balaban J connectivity index is 1.85. The minimum absolute atomic E-state index is 0.605. The molecule has 0 saturated carbocycles. The lowest BCUT2D eigenvalue weighted by atomic mass is 10.2. The van der Waals surface area contributed by atoms with Crippen molar-refractivity contribution in [2.75, 3.05) is 0 Å². The Kier molecular flexibility index (Phi) is 3.53. The summed E-state index contributed by atoms with van der Waals surface area (Å²) in [5, 5.41) is 12.2. The van der Waals surface area contributed by atoms with Gasteiger partial charge in [0.1, 0.15) is 0 Å². The van der Waals surface area contributed by atoms with E-state index >= 15 is 0 Å². The zero-order chi connectivity index (χ0) is 14.1. The van der Waals surface area contributed by atoms with E-state index in [-0.39, 0.29) is 0 Å². The molecule has 1 aromatic carbocycles. The molecule has 0 bridgehead atoms. The van der Waals surface area contributed by atoms with E-state index in [0.29, 0.717) is 12.1 Å². The molecule has 0 spiro atoms. The average molecular weight is 271 g/mol. The highest BCUT2D eigenvalue weighted by Crippen LogP contribution is 2.25. The van der Waals surface area contributed by atoms with Gasteiger partial charge in [-0.15, -0.1) is 5.10 Å². The number of nitrogens with zero attached hydrogens (tertiary/aromatic N) is 5. The Labute approximate surface area is 119 Å². The number of hydrogen-bond acceptors (Lipinski definition) is 4. The SMILES string of the molecule is Cc1ccc(-n2nnnc2CN2[C@H](C)CC[C@@H]2C)cc1. The highest BCUT2D eigenvalue weighted by atomic mass is 15.5. The molecule has 1 saturated heterocycles. The van der Waals surface area contributed by atoms with Crippen LogP contribution in [0.25, 0.3) is 5.69 Å². The van der Waals surface area contributed by atoms with Crippen molar-refractivity contribution in [2.45, 2.75) is 52.2 Å². The maximum atomic E-state index is 4.21. The van der Waals surface area contributed by atoms with Crippen molar-refractivity contribution < 1.29 is 0 Å². The molecule has 1 aliphatic rings. The van der Waals surface area contributed by atoms with Crippen LogP contribution in [0.15, 0.2) is 24.3 Å². The van der Waals surface area contributed by atoms with Crippen molar-refractivity contribution in [1.29, 1.82) is 0 Å². The second kappa shape index (κ2) is 5.32. The Hall–Kier alpha value is -1.75. The van der Waals surface area contributed by atoms with Crippen molar-refractivity contribution in [2.24, 2.45) is 0 Å². The standard InChI is InChI=1S/C15H21N5/c1-11-4-8-14(9-5-11)20-15(16-17-18-20)10-19-12(2)6-7-13(19)3/h4-5,8-9,12-13H,6-7,10H2,1-3H3/t12-,13+. The maximum Gasteiger partial charge on any atom is 0.170 e. The van der Waals surface area contributed by atoms with Crippen molar-refractivity contribution in [3.8, 4) is 5.69 Å². The number of aryl methyl sites for hydroxylation is 1. The minimum atomic E-state index is 0.605. The molecule has 1 fully saturated rings. The first-order valence-corrected chi connectivity index (χ1v) is 7.25. The minimum Gasteiger partial charge on any atom is -0.290 e. The fourth-order valence-electron chi connectivity index (χ4n) is 2.91. The maximum absolute atomic E-state index is 4.21. The summed E-state index contributed by atoms with van der Waals surface area (Å²) in [6.45, 7) is 7.45. The van der Waals surface area contributed by atoms with E-state index in [1.165, 1.54) is 18.4 Å². The van der Waals surface area contributed by atoms with E-state index in [9.17, 15) is 0 Å². The molecule has 20 heavy (non-hydrogen) atoms. The first-order chi connectivity index (χ1) is 9.65. The smallest absolute Gasteiger partial charge is 0.170 e. The lowest BCUT2D eigenvalue weighted by Gasteiger charge is -2.24. The van der Waals surface area contributed by atoms with E-state index in [1.807, 2.05) is 4.68 Å². The second-order valence-corrected chi connectivity index (χ2v) is 5.79. The summed E-state index contributed by atoms with van der Waals surface area (Å²) in [7, 11) is 0. The van der Waals surface area contributed by atoms with Crippen LogP contribution in [0.4, 0.5) is 0 Å². The van der Waals surface area contributed by atoms with E-state index in [1.54, 1.807) is 0 Å². The number of benzene rings is 1. The lowest BCUT2D eigenvalue weighted by molar-refractivity contribution is 0.198. The zero-order valence-electron chi connectivity index (χ0n) is 12.3. The summed E-state index contributed by atoms with van der Waals surface area (Å²) >= 11 is 0. The summed E-state index contributed by atoms with van der Waals surface area (Å²) in [5.41, 5.74) is 2.26. The van der Waals surface area contributed by atoms with Crippen molar-refractivity contribution in [3.05, 3.63) is 35.7 Å². The highest BCUT2D eigenvalue weighted by molar-refractivity contribution is 5.33. The van der Waals surface area contributed by atoms with Gasteiger partial charge in [0.15, 0.2) is 5.82 Å². The molecule has 2 heterocycles. The third-order valence-electron chi connectivity index (χ3n) is 4.27. The second-order valence-electron chi connectivity index (χ2n) is 5.79. The van der Waals surface area contributed by atoms with Crippen molar-refractivity contribution in [1.82, 2.24) is 25.1 Å². The number of hydrogen-bond donors (Lipinski definition) is 0. The molecule has 0 amide bonds. The lowest BCUT2D eigenvalue weighted by Crippen LogP contribution is -2.33. The van der Waals surface area contributed by atoms with Crippen LogP contribution >= 0.6 is 0 Å². The third kappa shape index (κ3) is 2.45. The molecule has 5 heteroatoms. The van der Waals surface area contributed by atoms with Gasteiger partial charge in [-0.1, -0.05) is 17.7 Å². The predicted molar refractivity (Wildman–Crippen MR) is 77.6 cm³/mol. The molecule has 2 aromatic rings. The Morgan fingerprint density at radius 1 is 1.10 bits per heavy atom. The van der Waals surface area contributed by atoms with Gasteiger partial charge in [-0.05, 0) is 56.2 Å². The number of likely N-dealkylation sites (tertiary alicyclic amines) is 1. The summed E-state index contributed by atoms with van der Waals surface area (Å²) in [6, 6.07) is 9.50. The Morgan fingerprint density at radius 2 is 1.75 bits per heavy atom. The largest absolute Gasteiger partial charge is 0.290 e. The van der Waals surface area contributed by atoms with E-state index in [0.717, 1.165) is 18.1 Å². The van der Waals surface area contributed by atoms with Crippen LogP contribution in [0.2, 0.25) is 0 Å². The fraction of sp³-hybridized carbons (Fsp3) is 0.533. The van der Waals surface area contributed by atoms with Crippen molar-refractivity contribution in [3.63, 3.8) is 0 Å². The van der Waals surface area contributed by atoms with Gasteiger partial charge in [-0.2, -0.15) is 4.68 Å². The third-order valence-corrected chi connectivity index (χ3v) is 4.27. The highest BCUT2D eigenvalue weighted by Gasteiger charge is 2.28. The molecular formula is C15H21N5. The van der Waals surface area contributed by atoms with Gasteiger partial charge in [0.2, 0.25) is 0 Å². The Morgan fingerprint density at radius 3 is 2.40 bits per heavy atom. The molecule has 2 atom stereocenters. The first kappa shape index (κ1) is 13.2. The van der Waals surface area contributed by atoms with Crippen LogP contribution in [0, 0.1) is 6.92 Å². The van der Waals surface area contributed by atoms with Crippen LogP contribution in [0.5, 0.6) is 0 Å². The molecule has 1 aliphatic heterocycles. The summed E-state index contributed by atoms with van der Waals surface area (Å²) in [6.07, 6.45) is 2.51. The van der Waals surface area contributed by atoms with Crippen LogP contribution in [-0.2, 0) is 6.54 Å². The average Bonchev–Trinajstić information content (AvgIpc) is 3.02. The quantitative estimate of drug-likeness (QED) is 0.859. The summed E-state index contributed by atoms with van der Waals surface area (Å²) in [5.74, 6) is 0.912. The number of aromatic nitrogens is 4. The molecule has 0 aliphatic carbocycles. The fourth-order valence-corrected chi connectivity index (χ4v) is 2.91. The van der Waals surface area contributed by atoms with E-state index in [4.69, 9.17) is 0 Å². The molecule has 106 valence electrons. The van der Waals surface area contributed by atoms with Gasteiger partial charge >= 0.3 is 0 Å². The normalized spacial score (nSPS) is 23.4. The van der Waals surface area contributed by atoms with Crippen LogP contribution in [0.1, 0.15) is 38.1 Å². The monoisotopic (exact) mass is 271 g/mol. The van der Waals surface area contributed by atoms with Crippen LogP contribution in [0.3, 0.4) is 0 Å². The topological polar surface area (TPSA) is 46.8 Å². The molecule has 0 unspecified atom stereocenters. The first-order valence-electron chi connectivity index (χ1n) is 7.25. The van der Waals surface area contributed by atoms with Crippen LogP contribution in [-0.4, -0.2) is 37.2 Å². The van der Waals surface area contributed by atoms with Gasteiger partial charge in [0.05, 0.1) is 12.2 Å². The molecular weight excluding hydrogens is 250 g/mol. The van der Waals surface area contributed by atoms with Gasteiger partial charge < -0.3 is 0 Å². The molecule has 5 nitrogen and oxygen atoms in total. The zero-order valence-corrected chi connectivity index (χ0v) is 12.3. The molecule has 3 rings (SSSR count). The van der Waals surface area contributed by atoms with Gasteiger partial charge in [0, 0.05) is 12.1 Å². The predicted octanol–water partition coefficient (Wildman–Crippen LogP) is 2.34. The van der Waals surface area contributed by atoms with Gasteiger partial charge in [0.25, 0.3) is 0 Å². The van der Waals surface area contributed by atoms with Crippen molar-refractivity contribution >= 4 is 0 Å². The van der Waals surface area contributed by atoms with Crippen LogP contribution < -0.4 is 0 Å². The van der Waals surface area contributed by atoms with Gasteiger partial charge in [-0.3, -0.25) is 4.90 Å². The molecule has 0 radical (unpaired) electrons. The number of rotatable bonds is 3. The van der Waals surface area contributed by atoms with E-state index < -0.39 is 0 Å². The van der Waals surface area contributed by atoms with Gasteiger partial charge in [-0.25, -0.2) is 0 Å². The number of tetrazole rings is 1. The molecule has 1 aromatic heterocycles. The summed E-state index contributed by atoms with van der Waals surface area (Å²) < 4.78 is 1.84.